The summed E-state index contributed by atoms with van der Waals surface area (Å²) in [6.45, 7) is 2.46. The zero-order valence-electron chi connectivity index (χ0n) is 13.4. The first-order valence-electron chi connectivity index (χ1n) is 7.54. The highest BCUT2D eigenvalue weighted by atomic mass is 16.5. The Morgan fingerprint density at radius 3 is 2.50 bits per heavy atom. The molecule has 0 aliphatic carbocycles. The number of ether oxygens (including phenoxy) is 1. The van der Waals surface area contributed by atoms with Crippen LogP contribution in [0.2, 0.25) is 0 Å². The van der Waals surface area contributed by atoms with Gasteiger partial charge >= 0.3 is 11.9 Å². The van der Waals surface area contributed by atoms with Crippen molar-refractivity contribution in [2.45, 2.75) is 19.8 Å². The average molecular weight is 325 g/mol. The van der Waals surface area contributed by atoms with Crippen LogP contribution in [0.3, 0.4) is 0 Å². The zero-order chi connectivity index (χ0) is 17.8. The molecule has 124 valence electrons. The number of benzene rings is 1. The molecule has 0 unspecified atom stereocenters. The van der Waals surface area contributed by atoms with Crippen LogP contribution < -0.4 is 0 Å². The average Bonchev–Trinajstić information content (AvgIpc) is 2.58. The van der Waals surface area contributed by atoms with Crippen molar-refractivity contribution in [2.75, 3.05) is 6.61 Å². The molecule has 24 heavy (non-hydrogen) atoms. The second-order valence-electron chi connectivity index (χ2n) is 4.85. The number of carbonyl (C=O) groups excluding carboxylic acids is 1. The van der Waals surface area contributed by atoms with Gasteiger partial charge in [0.25, 0.3) is 0 Å². The van der Waals surface area contributed by atoms with Crippen molar-refractivity contribution in [3.8, 4) is 6.07 Å². The van der Waals surface area contributed by atoms with Gasteiger partial charge in [0.1, 0.15) is 11.6 Å². The lowest BCUT2D eigenvalue weighted by Gasteiger charge is -2.03. The number of unbranched alkanes of at least 4 members (excludes halogenated alkanes) is 1. The molecule has 0 aliphatic rings. The van der Waals surface area contributed by atoms with Gasteiger partial charge in [-0.05, 0) is 30.2 Å². The maximum atomic E-state index is 11.7. The lowest BCUT2D eigenvalue weighted by molar-refractivity contribution is -0.132. The van der Waals surface area contributed by atoms with Crippen LogP contribution in [0.25, 0.3) is 6.08 Å². The van der Waals surface area contributed by atoms with Crippen LogP contribution >= 0.6 is 0 Å². The Balaban J connectivity index is 2.59. The first-order valence-corrected chi connectivity index (χ1v) is 7.54. The summed E-state index contributed by atoms with van der Waals surface area (Å²) < 4.78 is 5.12. The summed E-state index contributed by atoms with van der Waals surface area (Å²) in [5.41, 5.74) is 1.06. The maximum Gasteiger partial charge on any atom is 0.346 e. The maximum absolute atomic E-state index is 11.7. The smallest absolute Gasteiger partial charge is 0.346 e. The van der Waals surface area contributed by atoms with E-state index in [2.05, 4.69) is 0 Å². The first-order chi connectivity index (χ1) is 11.6. The fourth-order valence-corrected chi connectivity index (χ4v) is 1.66. The third-order valence-corrected chi connectivity index (χ3v) is 3.00. The Labute approximate surface area is 141 Å². The van der Waals surface area contributed by atoms with Gasteiger partial charge in [-0.25, -0.2) is 9.59 Å². The van der Waals surface area contributed by atoms with Crippen molar-refractivity contribution >= 4 is 18.0 Å². The normalized spacial score (nSPS) is 11.6. The predicted molar refractivity (Wildman–Crippen MR) is 91.1 cm³/mol. The number of aliphatic carboxylic acids is 1. The summed E-state index contributed by atoms with van der Waals surface area (Å²) in [4.78, 5) is 22.4. The van der Waals surface area contributed by atoms with Gasteiger partial charge in [-0.15, -0.1) is 0 Å². The molecule has 0 aromatic heterocycles. The van der Waals surface area contributed by atoms with Crippen LogP contribution in [0.5, 0.6) is 0 Å². The topological polar surface area (TPSA) is 87.4 Å². The third kappa shape index (κ3) is 6.75. The van der Waals surface area contributed by atoms with E-state index in [-0.39, 0.29) is 11.5 Å². The van der Waals surface area contributed by atoms with Crippen LogP contribution in [0.15, 0.2) is 54.1 Å². The lowest BCUT2D eigenvalue weighted by atomic mass is 10.1. The molecular weight excluding hydrogens is 306 g/mol. The molecule has 5 nitrogen and oxygen atoms in total. The van der Waals surface area contributed by atoms with Gasteiger partial charge in [-0.2, -0.15) is 5.26 Å². The monoisotopic (exact) mass is 325 g/mol. The summed E-state index contributed by atoms with van der Waals surface area (Å²) >= 11 is 0. The Bertz CT molecular complexity index is 691. The molecule has 0 bridgehead atoms. The molecule has 0 heterocycles. The SMILES string of the molecule is CCCCOC(=O)c1ccc(/C=C/C=C/C=C(\C#N)C(=O)O)cc1. The lowest BCUT2D eigenvalue weighted by Crippen LogP contribution is -2.05. The first kappa shape index (κ1) is 18.9. The van der Waals surface area contributed by atoms with Gasteiger partial charge in [0.15, 0.2) is 0 Å². The molecule has 1 aromatic rings. The standard InChI is InChI=1S/C19H19NO4/c1-2-3-13-24-19(23)16-11-9-15(10-12-16)7-5-4-6-8-17(14-20)18(21)22/h4-12H,2-3,13H2,1H3,(H,21,22)/b6-4+,7-5+,17-8+. The molecule has 1 rings (SSSR count). The molecular formula is C19H19NO4. The second kappa shape index (κ2) is 10.6. The highest BCUT2D eigenvalue weighted by Crippen LogP contribution is 2.08. The zero-order valence-corrected chi connectivity index (χ0v) is 13.4. The summed E-state index contributed by atoms with van der Waals surface area (Å²) in [5.74, 6) is -1.59. The molecule has 5 heteroatoms. The number of nitrogens with zero attached hydrogens (tertiary/aromatic N) is 1. The molecule has 1 aromatic carbocycles. The van der Waals surface area contributed by atoms with Crippen LogP contribution in [0, 0.1) is 11.3 Å². The van der Waals surface area contributed by atoms with Crippen LogP contribution in [-0.2, 0) is 9.53 Å². The van der Waals surface area contributed by atoms with Gasteiger partial charge in [0.05, 0.1) is 12.2 Å². The van der Waals surface area contributed by atoms with Gasteiger partial charge < -0.3 is 9.84 Å². The van der Waals surface area contributed by atoms with E-state index in [1.165, 1.54) is 12.2 Å². The highest BCUT2D eigenvalue weighted by molar-refractivity contribution is 5.91. The summed E-state index contributed by atoms with van der Waals surface area (Å²) in [6, 6.07) is 8.54. The van der Waals surface area contributed by atoms with Crippen LogP contribution in [0.4, 0.5) is 0 Å². The van der Waals surface area contributed by atoms with E-state index in [1.807, 2.05) is 6.92 Å². The van der Waals surface area contributed by atoms with Gasteiger partial charge in [0, 0.05) is 0 Å². The summed E-state index contributed by atoms with van der Waals surface area (Å²) in [6.07, 6.45) is 9.65. The van der Waals surface area contributed by atoms with Crippen molar-refractivity contribution < 1.29 is 19.4 Å². The number of hydrogen-bond acceptors (Lipinski definition) is 4. The van der Waals surface area contributed by atoms with Gasteiger partial charge in [0.2, 0.25) is 0 Å². The van der Waals surface area contributed by atoms with E-state index >= 15 is 0 Å². The quantitative estimate of drug-likeness (QED) is 0.258. The van der Waals surface area contributed by atoms with Gasteiger partial charge in [-0.1, -0.05) is 49.8 Å². The minimum absolute atomic E-state index is 0.328. The number of rotatable bonds is 8. The van der Waals surface area contributed by atoms with Crippen molar-refractivity contribution in [3.63, 3.8) is 0 Å². The number of carboxylic acids is 1. The van der Waals surface area contributed by atoms with E-state index in [9.17, 15) is 9.59 Å². The van der Waals surface area contributed by atoms with Crippen molar-refractivity contribution in [1.29, 1.82) is 5.26 Å². The van der Waals surface area contributed by atoms with E-state index in [0.29, 0.717) is 12.2 Å². The van der Waals surface area contributed by atoms with Crippen molar-refractivity contribution in [1.82, 2.24) is 0 Å². The Hall–Kier alpha value is -3.13. The van der Waals surface area contributed by atoms with E-state index in [1.54, 1.807) is 48.6 Å². The Kier molecular flexibility index (Phi) is 8.33. The minimum Gasteiger partial charge on any atom is -0.477 e. The van der Waals surface area contributed by atoms with E-state index in [0.717, 1.165) is 18.4 Å². The molecule has 0 fully saturated rings. The largest absolute Gasteiger partial charge is 0.477 e. The molecule has 0 spiro atoms. The molecule has 0 atom stereocenters. The van der Waals surface area contributed by atoms with Gasteiger partial charge in [-0.3, -0.25) is 0 Å². The number of carboxylic acid groups (broad SMARTS) is 1. The molecule has 0 aliphatic heterocycles. The molecule has 0 amide bonds. The number of esters is 1. The molecule has 0 saturated heterocycles. The fraction of sp³-hybridized carbons (Fsp3) is 0.211. The van der Waals surface area contributed by atoms with E-state index < -0.39 is 5.97 Å². The predicted octanol–water partition coefficient (Wildman–Crippen LogP) is 3.75. The summed E-state index contributed by atoms with van der Waals surface area (Å²) in [5, 5.41) is 17.2. The molecule has 1 N–H and O–H groups in total. The molecule has 0 radical (unpaired) electrons. The summed E-state index contributed by atoms with van der Waals surface area (Å²) in [7, 11) is 0. The highest BCUT2D eigenvalue weighted by Gasteiger charge is 2.05. The number of hydrogen-bond donors (Lipinski definition) is 1. The fourth-order valence-electron chi connectivity index (χ4n) is 1.66. The van der Waals surface area contributed by atoms with Crippen LogP contribution in [-0.4, -0.2) is 23.7 Å². The third-order valence-electron chi connectivity index (χ3n) is 3.00. The van der Waals surface area contributed by atoms with Crippen LogP contribution in [0.1, 0.15) is 35.7 Å². The van der Waals surface area contributed by atoms with Crippen molar-refractivity contribution in [2.24, 2.45) is 0 Å². The Morgan fingerprint density at radius 1 is 1.21 bits per heavy atom. The number of allylic oxidation sites excluding steroid dienone is 4. The Morgan fingerprint density at radius 2 is 1.92 bits per heavy atom. The minimum atomic E-state index is -1.26. The molecule has 0 saturated carbocycles. The number of nitriles is 1. The van der Waals surface area contributed by atoms with E-state index in [4.69, 9.17) is 15.1 Å². The second-order valence-corrected chi connectivity index (χ2v) is 4.85. The number of carbonyl (C=O) groups is 2. The van der Waals surface area contributed by atoms with Crippen molar-refractivity contribution in [3.05, 3.63) is 65.3 Å².